The van der Waals surface area contributed by atoms with E-state index in [1.807, 2.05) is 64.2 Å². The van der Waals surface area contributed by atoms with Crippen LogP contribution in [-0.2, 0) is 42.3 Å². The number of rotatable bonds is 0. The van der Waals surface area contributed by atoms with Crippen molar-refractivity contribution >= 4 is 0 Å². The molecule has 0 N–H and O–H groups in total. The summed E-state index contributed by atoms with van der Waals surface area (Å²) in [6.07, 6.45) is 20.0. The first-order valence-corrected chi connectivity index (χ1v) is 3.74. The van der Waals surface area contributed by atoms with E-state index in [1.54, 1.807) is 0 Å². The van der Waals surface area contributed by atoms with Crippen LogP contribution >= 0.6 is 0 Å². The zero-order chi connectivity index (χ0) is 11.1. The van der Waals surface area contributed by atoms with Gasteiger partial charge >= 0.3 is 22.6 Å². The van der Waals surface area contributed by atoms with Gasteiger partial charge in [-0.1, -0.05) is 0 Å². The molecule has 0 aromatic heterocycles. The molecule has 2 rings (SSSR count). The van der Waals surface area contributed by atoms with Crippen LogP contribution in [0.5, 0.6) is 0 Å². The van der Waals surface area contributed by atoms with Crippen LogP contribution in [0.2, 0.25) is 0 Å². The Kier molecular flexibility index (Phi) is 46.8. The minimum atomic E-state index is 0. The maximum atomic E-state index is 7.50. The predicted octanol–water partition coefficient (Wildman–Crippen LogP) is 1.96. The summed E-state index contributed by atoms with van der Waals surface area (Å²) in [6, 6.07) is 0. The van der Waals surface area contributed by atoms with Crippen molar-refractivity contribution in [2.45, 2.75) is 0 Å². The largest absolute Gasteiger partial charge is 0.0312 e. The summed E-state index contributed by atoms with van der Waals surface area (Å²) in [4.78, 5) is 0. The Labute approximate surface area is 120 Å². The second-order valence-corrected chi connectivity index (χ2v) is 1.92. The third kappa shape index (κ3) is 23.9. The molecule has 2 nitrogen and oxygen atoms in total. The van der Waals surface area contributed by atoms with Gasteiger partial charge in [0.15, 0.2) is 0 Å². The van der Waals surface area contributed by atoms with Gasteiger partial charge in [0.05, 0.1) is 0 Å². The Balaban J connectivity index is -0.0000000631. The van der Waals surface area contributed by atoms with Crippen molar-refractivity contribution in [3.63, 3.8) is 0 Å². The Morgan fingerprint density at radius 1 is 0.375 bits per heavy atom. The molecule has 0 saturated heterocycles. The molecule has 2 saturated carbocycles. The molecule has 2 fully saturated rings. The summed E-state index contributed by atoms with van der Waals surface area (Å²) in [5, 5.41) is 0. The summed E-state index contributed by atoms with van der Waals surface area (Å²) >= 11 is 0. The van der Waals surface area contributed by atoms with Crippen molar-refractivity contribution in [1.82, 2.24) is 0 Å². The van der Waals surface area contributed by atoms with E-state index in [2.05, 4.69) is 13.3 Å². The minimum Gasteiger partial charge on any atom is -0.0312 e. The normalized spacial score (nSPS) is 15.2. The molecule has 2 aliphatic carbocycles. The van der Waals surface area contributed by atoms with Gasteiger partial charge < -0.3 is 0 Å². The van der Waals surface area contributed by atoms with Gasteiger partial charge in [0.1, 0.15) is 0 Å². The maximum Gasteiger partial charge on any atom is 0 e. The van der Waals surface area contributed by atoms with Gasteiger partial charge in [0.25, 0.3) is 0 Å². The second-order valence-electron chi connectivity index (χ2n) is 1.92. The van der Waals surface area contributed by atoms with Gasteiger partial charge in [-0.2, -0.15) is 0 Å². The van der Waals surface area contributed by atoms with E-state index in [0.717, 1.165) is 0 Å². The van der Waals surface area contributed by atoms with Crippen LogP contribution in [0.4, 0.5) is 0 Å². The monoisotopic (exact) mass is 302 g/mol. The molecule has 10 radical (unpaired) electrons. The molecule has 0 aromatic rings. The van der Waals surface area contributed by atoms with Gasteiger partial charge in [-0.3, -0.25) is 0 Å². The molecule has 0 aliphatic heterocycles. The van der Waals surface area contributed by atoms with E-state index < -0.39 is 0 Å². The maximum absolute atomic E-state index is 7.50. The SMILES string of the molecule is [C-]#[O+].[C-]#[O+].[CH]1[CH][CH][CH][CH]1.[CH]1[CH][CH][CH][CH]1.[Ni].[Ni]. The van der Waals surface area contributed by atoms with Crippen molar-refractivity contribution in [3.05, 3.63) is 77.5 Å². The standard InChI is InChI=1S/2C5H5.2CO.2Ni/c2*1-2-4-5-3-1;2*1-2;;/h2*1-5H;;;;. The third-order valence-electron chi connectivity index (χ3n) is 1.11. The zero-order valence-electron chi connectivity index (χ0n) is 8.22. The van der Waals surface area contributed by atoms with Crippen molar-refractivity contribution in [3.8, 4) is 0 Å². The van der Waals surface area contributed by atoms with Crippen LogP contribution < -0.4 is 0 Å². The van der Waals surface area contributed by atoms with E-state index in [4.69, 9.17) is 9.30 Å². The Hall–Kier alpha value is 0.467. The van der Waals surface area contributed by atoms with Crippen molar-refractivity contribution in [1.29, 1.82) is 0 Å². The smallest absolute Gasteiger partial charge is 0 e. The summed E-state index contributed by atoms with van der Waals surface area (Å²) in [5.41, 5.74) is 0. The molecule has 0 bridgehead atoms. The van der Waals surface area contributed by atoms with E-state index in [0.29, 0.717) is 0 Å². The van der Waals surface area contributed by atoms with Gasteiger partial charge in [-0.05, 0) is 64.2 Å². The third-order valence-corrected chi connectivity index (χ3v) is 1.11. The van der Waals surface area contributed by atoms with E-state index in [-0.39, 0.29) is 33.0 Å². The van der Waals surface area contributed by atoms with Crippen molar-refractivity contribution < 1.29 is 42.3 Å². The fraction of sp³-hybridized carbons (Fsp3) is 0. The first-order valence-electron chi connectivity index (χ1n) is 3.74. The van der Waals surface area contributed by atoms with E-state index in [9.17, 15) is 0 Å². The van der Waals surface area contributed by atoms with Crippen molar-refractivity contribution in [2.24, 2.45) is 0 Å². The Morgan fingerprint density at radius 3 is 0.500 bits per heavy atom. The van der Waals surface area contributed by atoms with Gasteiger partial charge in [0, 0.05) is 33.0 Å². The van der Waals surface area contributed by atoms with Crippen LogP contribution in [0.25, 0.3) is 0 Å². The van der Waals surface area contributed by atoms with Crippen LogP contribution in [0.15, 0.2) is 0 Å². The van der Waals surface area contributed by atoms with Gasteiger partial charge in [-0.15, -0.1) is 0 Å². The van der Waals surface area contributed by atoms with Gasteiger partial charge in [0.2, 0.25) is 0 Å². The predicted molar refractivity (Wildman–Crippen MR) is 50.9 cm³/mol. The fourth-order valence-electron chi connectivity index (χ4n) is 0.642. The average molecular weight is 304 g/mol. The molecule has 4 heteroatoms. The molecular formula is C12H10Ni2O2. The van der Waals surface area contributed by atoms with Crippen molar-refractivity contribution in [2.75, 3.05) is 0 Å². The summed E-state index contributed by atoms with van der Waals surface area (Å²) in [6.45, 7) is 9.00. The molecule has 0 atom stereocenters. The molecule has 0 amide bonds. The quantitative estimate of drug-likeness (QED) is 0.373. The van der Waals surface area contributed by atoms with Crippen LogP contribution in [0, 0.1) is 77.5 Å². The molecule has 0 spiro atoms. The number of hydrogen-bond acceptors (Lipinski definition) is 0. The summed E-state index contributed by atoms with van der Waals surface area (Å²) in [7, 11) is 0. The Morgan fingerprint density at radius 2 is 0.438 bits per heavy atom. The van der Waals surface area contributed by atoms with Crippen LogP contribution in [0.1, 0.15) is 0 Å². The Bertz CT molecular complexity index is 96.3. The molecule has 16 heavy (non-hydrogen) atoms. The molecule has 2 aliphatic rings. The molecule has 0 unspecified atom stereocenters. The zero-order valence-corrected chi connectivity index (χ0v) is 10.2. The molecular weight excluding hydrogens is 294 g/mol. The molecule has 0 aromatic carbocycles. The van der Waals surface area contributed by atoms with Crippen LogP contribution in [0.3, 0.4) is 0 Å². The topological polar surface area (TPSA) is 39.8 Å². The first-order chi connectivity index (χ1) is 7.00. The van der Waals surface area contributed by atoms with E-state index >= 15 is 0 Å². The average Bonchev–Trinajstić information content (AvgIpc) is 3.01. The minimum absolute atomic E-state index is 0. The summed E-state index contributed by atoms with van der Waals surface area (Å²) in [5.74, 6) is 0. The van der Waals surface area contributed by atoms with E-state index in [1.165, 1.54) is 0 Å². The van der Waals surface area contributed by atoms with Gasteiger partial charge in [-0.25, -0.2) is 0 Å². The molecule has 90 valence electrons. The fourth-order valence-corrected chi connectivity index (χ4v) is 0.642. The number of hydrogen-bond donors (Lipinski definition) is 0. The molecule has 0 heterocycles. The second kappa shape index (κ2) is 29.5. The van der Waals surface area contributed by atoms with Crippen LogP contribution in [-0.4, -0.2) is 0 Å². The first kappa shape index (κ1) is 25.3. The summed E-state index contributed by atoms with van der Waals surface area (Å²) < 4.78 is 15.0.